The predicted octanol–water partition coefficient (Wildman–Crippen LogP) is 2.82. The second-order valence-electron chi connectivity index (χ2n) is 7.05. The maximum Gasteiger partial charge on any atom is 0.328 e. The molecule has 8 heteroatoms. The Kier molecular flexibility index (Phi) is 5.33. The lowest BCUT2D eigenvalue weighted by Crippen LogP contribution is -2.23. The number of imidazole rings is 1. The van der Waals surface area contributed by atoms with Gasteiger partial charge in [-0.25, -0.2) is 9.89 Å². The fourth-order valence-electron chi connectivity index (χ4n) is 3.45. The van der Waals surface area contributed by atoms with Gasteiger partial charge in [0.25, 0.3) is 0 Å². The Bertz CT molecular complexity index is 1140. The lowest BCUT2D eigenvalue weighted by molar-refractivity contribution is 0.667. The molecule has 4 aromatic rings. The van der Waals surface area contributed by atoms with Crippen molar-refractivity contribution < 1.29 is 0 Å². The van der Waals surface area contributed by atoms with Crippen LogP contribution < -0.4 is 5.69 Å². The van der Waals surface area contributed by atoms with Crippen LogP contribution in [0.1, 0.15) is 31.0 Å². The average Bonchev–Trinajstić information content (AvgIpc) is 3.37. The quantitative estimate of drug-likeness (QED) is 0.524. The molecular formula is C21H23N7O. The number of aromatic amines is 1. The molecule has 3 aromatic heterocycles. The van der Waals surface area contributed by atoms with Gasteiger partial charge in [-0.1, -0.05) is 43.7 Å². The van der Waals surface area contributed by atoms with Crippen LogP contribution in [-0.2, 0) is 20.0 Å². The van der Waals surface area contributed by atoms with Crippen molar-refractivity contribution in [3.05, 3.63) is 70.5 Å². The maximum atomic E-state index is 12.5. The molecule has 148 valence electrons. The Morgan fingerprint density at radius 2 is 1.97 bits per heavy atom. The maximum absolute atomic E-state index is 12.5. The minimum atomic E-state index is 0.0209. The summed E-state index contributed by atoms with van der Waals surface area (Å²) in [6.07, 6.45) is 6.75. The third kappa shape index (κ3) is 3.87. The summed E-state index contributed by atoms with van der Waals surface area (Å²) < 4.78 is 3.52. The largest absolute Gasteiger partial charge is 0.328 e. The third-order valence-electron chi connectivity index (χ3n) is 4.99. The summed E-state index contributed by atoms with van der Waals surface area (Å²) in [6, 6.07) is 12.1. The Morgan fingerprint density at radius 1 is 1.14 bits per heavy atom. The number of tetrazole rings is 1. The first-order chi connectivity index (χ1) is 14.2. The van der Waals surface area contributed by atoms with Crippen LogP contribution >= 0.6 is 0 Å². The van der Waals surface area contributed by atoms with Crippen molar-refractivity contribution in [2.75, 3.05) is 0 Å². The minimum Gasteiger partial charge on any atom is -0.302 e. The summed E-state index contributed by atoms with van der Waals surface area (Å²) in [6.45, 7) is 2.72. The number of aromatic nitrogens is 7. The van der Waals surface area contributed by atoms with Crippen LogP contribution in [0.2, 0.25) is 0 Å². The van der Waals surface area contributed by atoms with E-state index in [9.17, 15) is 4.79 Å². The molecule has 0 saturated carbocycles. The highest BCUT2D eigenvalue weighted by molar-refractivity contribution is 5.77. The number of nitrogens with zero attached hydrogens (tertiary/aromatic N) is 6. The van der Waals surface area contributed by atoms with Gasteiger partial charge in [0.2, 0.25) is 0 Å². The molecule has 0 atom stereocenters. The van der Waals surface area contributed by atoms with Gasteiger partial charge in [-0.05, 0) is 40.5 Å². The summed E-state index contributed by atoms with van der Waals surface area (Å²) in [5.74, 6) is 0.529. The van der Waals surface area contributed by atoms with E-state index in [1.165, 1.54) is 0 Å². The average molecular weight is 389 g/mol. The van der Waals surface area contributed by atoms with E-state index in [4.69, 9.17) is 0 Å². The normalized spacial score (nSPS) is 11.1. The Hall–Kier alpha value is -3.55. The van der Waals surface area contributed by atoms with E-state index in [2.05, 4.69) is 32.5 Å². The third-order valence-corrected chi connectivity index (χ3v) is 4.99. The van der Waals surface area contributed by atoms with Crippen molar-refractivity contribution in [3.8, 4) is 22.6 Å². The molecule has 0 amide bonds. The second-order valence-corrected chi connectivity index (χ2v) is 7.05. The molecule has 8 nitrogen and oxygen atoms in total. The molecule has 0 aliphatic heterocycles. The van der Waals surface area contributed by atoms with Gasteiger partial charge in [0, 0.05) is 30.7 Å². The highest BCUT2D eigenvalue weighted by Gasteiger charge is 2.13. The SMILES string of the molecule is CCCCc1cn(C)c(=O)n1Cc1ccc(-c2cccnc2-c2nnn[nH]2)cc1. The number of hydrogen-bond acceptors (Lipinski definition) is 5. The first kappa shape index (κ1) is 18.8. The number of nitrogens with one attached hydrogen (secondary N) is 1. The number of unbranched alkanes of at least 4 members (excludes halogenated alkanes) is 1. The van der Waals surface area contributed by atoms with Crippen LogP contribution in [0.15, 0.2) is 53.6 Å². The molecule has 0 aliphatic carbocycles. The van der Waals surface area contributed by atoms with Gasteiger partial charge in [0.1, 0.15) is 5.69 Å². The zero-order valence-electron chi connectivity index (χ0n) is 16.5. The topological polar surface area (TPSA) is 94.3 Å². The summed E-state index contributed by atoms with van der Waals surface area (Å²) >= 11 is 0. The Balaban J connectivity index is 1.62. The van der Waals surface area contributed by atoms with E-state index in [-0.39, 0.29) is 5.69 Å². The molecule has 0 spiro atoms. The molecule has 0 radical (unpaired) electrons. The van der Waals surface area contributed by atoms with Gasteiger partial charge in [-0.3, -0.25) is 9.55 Å². The van der Waals surface area contributed by atoms with Gasteiger partial charge in [-0.2, -0.15) is 0 Å². The van der Waals surface area contributed by atoms with Crippen LogP contribution in [0.4, 0.5) is 0 Å². The summed E-state index contributed by atoms with van der Waals surface area (Å²) in [4.78, 5) is 16.9. The van der Waals surface area contributed by atoms with Crippen molar-refractivity contribution in [1.29, 1.82) is 0 Å². The van der Waals surface area contributed by atoms with E-state index < -0.39 is 0 Å². The number of aryl methyl sites for hydroxylation is 2. The monoisotopic (exact) mass is 389 g/mol. The fraction of sp³-hybridized carbons (Fsp3) is 0.286. The van der Waals surface area contributed by atoms with Crippen LogP contribution in [0, 0.1) is 0 Å². The van der Waals surface area contributed by atoms with Crippen molar-refractivity contribution >= 4 is 0 Å². The van der Waals surface area contributed by atoms with E-state index in [0.717, 1.165) is 41.6 Å². The van der Waals surface area contributed by atoms with Crippen LogP contribution in [0.3, 0.4) is 0 Å². The van der Waals surface area contributed by atoms with Crippen molar-refractivity contribution in [3.63, 3.8) is 0 Å². The molecular weight excluding hydrogens is 366 g/mol. The number of benzene rings is 1. The summed E-state index contributed by atoms with van der Waals surface area (Å²) in [5, 5.41) is 14.0. The van der Waals surface area contributed by atoms with E-state index in [0.29, 0.717) is 18.1 Å². The molecule has 1 N–H and O–H groups in total. The lowest BCUT2D eigenvalue weighted by atomic mass is 10.0. The summed E-state index contributed by atoms with van der Waals surface area (Å²) in [7, 11) is 1.81. The molecule has 0 aliphatic rings. The van der Waals surface area contributed by atoms with Gasteiger partial charge in [0.15, 0.2) is 5.82 Å². The molecule has 0 fully saturated rings. The van der Waals surface area contributed by atoms with Gasteiger partial charge >= 0.3 is 5.69 Å². The van der Waals surface area contributed by atoms with E-state index >= 15 is 0 Å². The highest BCUT2D eigenvalue weighted by Crippen LogP contribution is 2.28. The number of hydrogen-bond donors (Lipinski definition) is 1. The van der Waals surface area contributed by atoms with Crippen molar-refractivity contribution in [1.82, 2.24) is 34.7 Å². The lowest BCUT2D eigenvalue weighted by Gasteiger charge is -2.09. The van der Waals surface area contributed by atoms with Crippen LogP contribution in [-0.4, -0.2) is 34.7 Å². The van der Waals surface area contributed by atoms with Crippen molar-refractivity contribution in [2.45, 2.75) is 32.7 Å². The van der Waals surface area contributed by atoms with E-state index in [1.807, 2.05) is 47.2 Å². The van der Waals surface area contributed by atoms with E-state index in [1.54, 1.807) is 17.8 Å². The summed E-state index contributed by atoms with van der Waals surface area (Å²) in [5.41, 5.74) is 4.83. The van der Waals surface area contributed by atoms with Crippen LogP contribution in [0.5, 0.6) is 0 Å². The second kappa shape index (κ2) is 8.22. The number of H-pyrrole nitrogens is 1. The predicted molar refractivity (Wildman–Crippen MR) is 110 cm³/mol. The Labute approximate surface area is 168 Å². The van der Waals surface area contributed by atoms with Crippen LogP contribution in [0.25, 0.3) is 22.6 Å². The molecule has 3 heterocycles. The molecule has 4 rings (SSSR count). The fourth-order valence-corrected chi connectivity index (χ4v) is 3.45. The number of pyridine rings is 1. The molecule has 1 aromatic carbocycles. The Morgan fingerprint density at radius 3 is 2.69 bits per heavy atom. The smallest absolute Gasteiger partial charge is 0.302 e. The van der Waals surface area contributed by atoms with Gasteiger partial charge in [0.05, 0.1) is 6.54 Å². The van der Waals surface area contributed by atoms with Gasteiger partial charge < -0.3 is 4.57 Å². The first-order valence-corrected chi connectivity index (χ1v) is 9.71. The standard InChI is InChI=1S/C21H23N7O/c1-3-4-6-17-14-27(2)21(29)28(17)13-15-8-10-16(11-9-15)18-7-5-12-22-19(18)20-23-25-26-24-20/h5,7-12,14H,3-4,6,13H2,1-2H3,(H,23,24,25,26). The zero-order chi connectivity index (χ0) is 20.2. The zero-order valence-corrected chi connectivity index (χ0v) is 16.5. The number of rotatable bonds is 7. The molecule has 0 saturated heterocycles. The van der Waals surface area contributed by atoms with Gasteiger partial charge in [-0.15, -0.1) is 5.10 Å². The molecule has 29 heavy (non-hydrogen) atoms. The highest BCUT2D eigenvalue weighted by atomic mass is 16.1. The molecule has 0 bridgehead atoms. The van der Waals surface area contributed by atoms with Crippen molar-refractivity contribution in [2.24, 2.45) is 7.05 Å². The minimum absolute atomic E-state index is 0.0209. The molecule has 0 unspecified atom stereocenters. The first-order valence-electron chi connectivity index (χ1n) is 9.71.